The summed E-state index contributed by atoms with van der Waals surface area (Å²) >= 11 is 0. The van der Waals surface area contributed by atoms with E-state index < -0.39 is 0 Å². The van der Waals surface area contributed by atoms with Crippen LogP contribution in [0.4, 0.5) is 0 Å². The van der Waals surface area contributed by atoms with Gasteiger partial charge in [-0.3, -0.25) is 4.57 Å². The van der Waals surface area contributed by atoms with E-state index in [-0.39, 0.29) is 0 Å². The summed E-state index contributed by atoms with van der Waals surface area (Å²) in [7, 11) is 0. The van der Waals surface area contributed by atoms with E-state index in [4.69, 9.17) is 15.0 Å². The Morgan fingerprint density at radius 1 is 0.733 bits per heavy atom. The van der Waals surface area contributed by atoms with Crippen molar-refractivity contribution in [3.05, 3.63) is 138 Å². The average Bonchev–Trinajstić information content (AvgIpc) is 3.62. The van der Waals surface area contributed by atoms with Crippen LogP contribution in [0.3, 0.4) is 0 Å². The molecule has 0 N–H and O–H groups in total. The van der Waals surface area contributed by atoms with Crippen molar-refractivity contribution in [3.8, 4) is 11.6 Å². The number of hydrogen-bond acceptors (Lipinski definition) is 3. The SMILES string of the molecule is C=C(/C=C\C=C/C)c1nc(C2=CCCC=C2)nc(-n2c3ccccc3c3ccc4c5c(n(-c6ccccc6)c4c32)=CCCC=5)n1. The maximum atomic E-state index is 5.19. The standard InChI is InChI=1S/C40H33N5/c1-3-4-7-16-27(2)38-41-39(28-17-8-5-9-18-28)43-40(42-38)45-35-24-15-13-22-31(35)33-26-25-32-30-21-12-14-23-34(30)44(36(32)37(33)45)29-19-10-6-11-20-29/h3-4,6-8,10-11,13,15-26H,2,5,9,12,14H2,1H3/b4-3-,16-7-. The van der Waals surface area contributed by atoms with Crippen LogP contribution in [0.15, 0.2) is 116 Å². The van der Waals surface area contributed by atoms with Crippen molar-refractivity contribution in [3.63, 3.8) is 0 Å². The summed E-state index contributed by atoms with van der Waals surface area (Å²) in [5.74, 6) is 1.80. The van der Waals surface area contributed by atoms with Crippen molar-refractivity contribution in [2.24, 2.45) is 0 Å². The van der Waals surface area contributed by atoms with Gasteiger partial charge in [0.1, 0.15) is 0 Å². The Morgan fingerprint density at radius 3 is 2.36 bits per heavy atom. The van der Waals surface area contributed by atoms with Crippen LogP contribution < -0.4 is 10.6 Å². The quantitative estimate of drug-likeness (QED) is 0.186. The molecule has 218 valence electrons. The fraction of sp³-hybridized carbons (Fsp3) is 0.125. The number of para-hydroxylation sites is 2. The molecule has 0 aliphatic heterocycles. The van der Waals surface area contributed by atoms with Crippen LogP contribution in [0.5, 0.6) is 0 Å². The lowest BCUT2D eigenvalue weighted by molar-refractivity contribution is 0.907. The van der Waals surface area contributed by atoms with E-state index in [1.54, 1.807) is 0 Å². The summed E-state index contributed by atoms with van der Waals surface area (Å²) in [4.78, 5) is 15.3. The molecule has 0 atom stereocenters. The number of rotatable bonds is 6. The summed E-state index contributed by atoms with van der Waals surface area (Å²) in [6.07, 6.45) is 23.2. The second-order valence-electron chi connectivity index (χ2n) is 11.5. The molecule has 8 rings (SSSR count). The van der Waals surface area contributed by atoms with Gasteiger partial charge in [0, 0.05) is 43.6 Å². The predicted octanol–water partition coefficient (Wildman–Crippen LogP) is 8.15. The average molecular weight is 584 g/mol. The summed E-state index contributed by atoms with van der Waals surface area (Å²) < 4.78 is 4.66. The molecule has 0 fully saturated rings. The van der Waals surface area contributed by atoms with Crippen molar-refractivity contribution in [1.82, 2.24) is 24.1 Å². The number of nitrogens with zero attached hydrogens (tertiary/aromatic N) is 5. The normalized spacial score (nSPS) is 14.7. The third-order valence-electron chi connectivity index (χ3n) is 8.67. The molecule has 3 heterocycles. The largest absolute Gasteiger partial charge is 0.308 e. The zero-order valence-corrected chi connectivity index (χ0v) is 25.3. The van der Waals surface area contributed by atoms with Crippen LogP contribution in [0.25, 0.3) is 67.6 Å². The Hall–Kier alpha value is -5.55. The van der Waals surface area contributed by atoms with Crippen molar-refractivity contribution in [1.29, 1.82) is 0 Å². The van der Waals surface area contributed by atoms with Crippen molar-refractivity contribution < 1.29 is 0 Å². The lowest BCUT2D eigenvalue weighted by Crippen LogP contribution is -2.30. The second kappa shape index (κ2) is 11.2. The number of hydrogen-bond donors (Lipinski definition) is 0. The van der Waals surface area contributed by atoms with Gasteiger partial charge in [-0.1, -0.05) is 110 Å². The van der Waals surface area contributed by atoms with Crippen molar-refractivity contribution >= 4 is 56.0 Å². The lowest BCUT2D eigenvalue weighted by atomic mass is 10.1. The number of benzene rings is 3. The molecule has 45 heavy (non-hydrogen) atoms. The maximum Gasteiger partial charge on any atom is 0.238 e. The Labute approximate surface area is 261 Å². The van der Waals surface area contributed by atoms with Crippen molar-refractivity contribution in [2.45, 2.75) is 32.6 Å². The first-order valence-corrected chi connectivity index (χ1v) is 15.7. The molecule has 5 nitrogen and oxygen atoms in total. The molecule has 2 aliphatic rings. The van der Waals surface area contributed by atoms with E-state index >= 15 is 0 Å². The molecule has 0 unspecified atom stereocenters. The third-order valence-corrected chi connectivity index (χ3v) is 8.67. The highest BCUT2D eigenvalue weighted by Crippen LogP contribution is 2.36. The minimum atomic E-state index is 0.563. The van der Waals surface area contributed by atoms with E-state index in [0.29, 0.717) is 17.6 Å². The Balaban J connectivity index is 1.52. The molecule has 0 amide bonds. The fourth-order valence-corrected chi connectivity index (χ4v) is 6.65. The Kier molecular flexibility index (Phi) is 6.72. The van der Waals surface area contributed by atoms with Gasteiger partial charge >= 0.3 is 0 Å². The first-order valence-electron chi connectivity index (χ1n) is 15.7. The topological polar surface area (TPSA) is 48.5 Å². The number of allylic oxidation sites excluding steroid dienone is 9. The molecule has 5 heteroatoms. The summed E-state index contributed by atoms with van der Waals surface area (Å²) in [5.41, 5.74) is 6.17. The lowest BCUT2D eigenvalue weighted by Gasteiger charge is -2.14. The van der Waals surface area contributed by atoms with Gasteiger partial charge in [0.15, 0.2) is 11.6 Å². The van der Waals surface area contributed by atoms with Gasteiger partial charge in [-0.05, 0) is 50.8 Å². The van der Waals surface area contributed by atoms with Gasteiger partial charge in [0.2, 0.25) is 5.95 Å². The zero-order chi connectivity index (χ0) is 30.3. The Morgan fingerprint density at radius 2 is 1.51 bits per heavy atom. The smallest absolute Gasteiger partial charge is 0.238 e. The molecule has 0 bridgehead atoms. The predicted molar refractivity (Wildman–Crippen MR) is 188 cm³/mol. The van der Waals surface area contributed by atoms with Gasteiger partial charge < -0.3 is 4.57 Å². The van der Waals surface area contributed by atoms with Crippen LogP contribution in [-0.2, 0) is 0 Å². The van der Waals surface area contributed by atoms with E-state index in [0.717, 1.165) is 69.8 Å². The van der Waals surface area contributed by atoms with E-state index in [9.17, 15) is 0 Å². The minimum Gasteiger partial charge on any atom is -0.308 e. The van der Waals surface area contributed by atoms with E-state index in [1.807, 2.05) is 31.2 Å². The van der Waals surface area contributed by atoms with Crippen LogP contribution in [0.2, 0.25) is 0 Å². The van der Waals surface area contributed by atoms with Crippen LogP contribution in [0, 0.1) is 0 Å². The van der Waals surface area contributed by atoms with E-state index in [1.165, 1.54) is 16.0 Å². The molecule has 6 aromatic rings. The first kappa shape index (κ1) is 27.0. The molecule has 0 radical (unpaired) electrons. The highest BCUT2D eigenvalue weighted by atomic mass is 15.2. The van der Waals surface area contributed by atoms with Gasteiger partial charge in [0.05, 0.1) is 16.6 Å². The van der Waals surface area contributed by atoms with Crippen LogP contribution in [-0.4, -0.2) is 24.1 Å². The van der Waals surface area contributed by atoms with Crippen LogP contribution in [0.1, 0.15) is 44.3 Å². The molecule has 0 spiro atoms. The fourth-order valence-electron chi connectivity index (χ4n) is 6.65. The third kappa shape index (κ3) is 4.51. The first-order chi connectivity index (χ1) is 22.2. The molecule has 0 saturated heterocycles. The highest BCUT2D eigenvalue weighted by molar-refractivity contribution is 6.18. The number of aromatic nitrogens is 5. The summed E-state index contributed by atoms with van der Waals surface area (Å²) in [6.45, 7) is 6.34. The van der Waals surface area contributed by atoms with Gasteiger partial charge in [-0.2, -0.15) is 9.97 Å². The van der Waals surface area contributed by atoms with Crippen molar-refractivity contribution in [2.75, 3.05) is 0 Å². The monoisotopic (exact) mass is 583 g/mol. The molecule has 3 aromatic carbocycles. The molecular formula is C40H33N5. The Bertz CT molecular complexity index is 2390. The second-order valence-corrected chi connectivity index (χ2v) is 11.5. The summed E-state index contributed by atoms with van der Waals surface area (Å²) in [5, 5.41) is 6.08. The molecular weight excluding hydrogens is 550 g/mol. The van der Waals surface area contributed by atoms with Crippen LogP contribution >= 0.6 is 0 Å². The highest BCUT2D eigenvalue weighted by Gasteiger charge is 2.23. The molecule has 3 aromatic heterocycles. The maximum absolute atomic E-state index is 5.19. The minimum absolute atomic E-state index is 0.563. The van der Waals surface area contributed by atoms with Gasteiger partial charge in [0.25, 0.3) is 0 Å². The summed E-state index contributed by atoms with van der Waals surface area (Å²) in [6, 6.07) is 23.8. The zero-order valence-electron chi connectivity index (χ0n) is 25.3. The number of fused-ring (bicyclic) bond motifs is 7. The van der Waals surface area contributed by atoms with E-state index in [2.05, 4.69) is 113 Å². The van der Waals surface area contributed by atoms with Gasteiger partial charge in [-0.25, -0.2) is 4.98 Å². The van der Waals surface area contributed by atoms with Gasteiger partial charge in [-0.15, -0.1) is 0 Å². The molecule has 0 saturated carbocycles. The molecule has 2 aliphatic carbocycles.